The first-order valence-corrected chi connectivity index (χ1v) is 5.48. The third-order valence-electron chi connectivity index (χ3n) is 2.37. The molecule has 0 saturated carbocycles. The number of carboxylic acids is 1. The molecule has 1 aromatic carbocycles. The van der Waals surface area contributed by atoms with Gasteiger partial charge in [0.1, 0.15) is 0 Å². The van der Waals surface area contributed by atoms with Crippen LogP contribution in [0.25, 0.3) is 0 Å². The van der Waals surface area contributed by atoms with Gasteiger partial charge in [0, 0.05) is 5.88 Å². The fourth-order valence-corrected chi connectivity index (χ4v) is 1.81. The van der Waals surface area contributed by atoms with Gasteiger partial charge >= 0.3 is 5.97 Å². The van der Waals surface area contributed by atoms with Gasteiger partial charge in [0.25, 0.3) is 0 Å². The Balaban J connectivity index is 3.32. The number of rotatable bonds is 4. The van der Waals surface area contributed by atoms with Crippen LogP contribution in [0.15, 0.2) is 12.1 Å². The highest BCUT2D eigenvalue weighted by Gasteiger charge is 2.12. The normalized spacial score (nSPS) is 9.81. The van der Waals surface area contributed by atoms with Crippen LogP contribution >= 0.6 is 11.6 Å². The standard InChI is InChI=1S/C12H12ClNO2/c1-2-8-3-9(5-12(15)16)11(7-14)10(4-8)6-13/h3-4H,2,5-6H2,1H3,(H,15,16). The maximum Gasteiger partial charge on any atom is 0.307 e. The summed E-state index contributed by atoms with van der Waals surface area (Å²) in [5, 5.41) is 17.8. The monoisotopic (exact) mass is 237 g/mol. The number of carbonyl (C=O) groups is 1. The van der Waals surface area contributed by atoms with Crippen LogP contribution in [0.1, 0.15) is 29.2 Å². The number of carboxylic acid groups (broad SMARTS) is 1. The Labute approximate surface area is 99.3 Å². The summed E-state index contributed by atoms with van der Waals surface area (Å²) in [6, 6.07) is 5.65. The summed E-state index contributed by atoms with van der Waals surface area (Å²) >= 11 is 5.75. The van der Waals surface area contributed by atoms with E-state index in [4.69, 9.17) is 22.0 Å². The lowest BCUT2D eigenvalue weighted by Gasteiger charge is -2.09. The highest BCUT2D eigenvalue weighted by Crippen LogP contribution is 2.20. The first-order valence-electron chi connectivity index (χ1n) is 4.94. The van der Waals surface area contributed by atoms with Crippen LogP contribution in [0.2, 0.25) is 0 Å². The molecule has 0 spiro atoms. The number of benzene rings is 1. The lowest BCUT2D eigenvalue weighted by atomic mass is 9.96. The molecule has 1 rings (SSSR count). The molecule has 0 unspecified atom stereocenters. The van der Waals surface area contributed by atoms with Crippen molar-refractivity contribution in [2.75, 3.05) is 0 Å². The molecule has 0 aliphatic carbocycles. The second-order valence-electron chi connectivity index (χ2n) is 3.46. The van der Waals surface area contributed by atoms with Crippen LogP contribution in [0.4, 0.5) is 0 Å². The summed E-state index contributed by atoms with van der Waals surface area (Å²) in [6.07, 6.45) is 0.656. The molecule has 0 aliphatic heterocycles. The molecule has 4 heteroatoms. The van der Waals surface area contributed by atoms with Gasteiger partial charge in [-0.2, -0.15) is 5.26 Å². The van der Waals surface area contributed by atoms with Crippen LogP contribution in [0, 0.1) is 11.3 Å². The van der Waals surface area contributed by atoms with Crippen molar-refractivity contribution in [3.63, 3.8) is 0 Å². The van der Waals surface area contributed by atoms with Gasteiger partial charge in [-0.3, -0.25) is 4.79 Å². The maximum absolute atomic E-state index is 10.7. The zero-order valence-electron chi connectivity index (χ0n) is 8.96. The van der Waals surface area contributed by atoms with E-state index in [0.717, 1.165) is 12.0 Å². The van der Waals surface area contributed by atoms with E-state index in [1.54, 1.807) is 6.07 Å². The molecule has 84 valence electrons. The fraction of sp³-hybridized carbons (Fsp3) is 0.333. The molecular formula is C12H12ClNO2. The van der Waals surface area contributed by atoms with Gasteiger partial charge in [0.05, 0.1) is 18.1 Å². The second-order valence-corrected chi connectivity index (χ2v) is 3.73. The van der Waals surface area contributed by atoms with Gasteiger partial charge < -0.3 is 5.11 Å². The van der Waals surface area contributed by atoms with Gasteiger partial charge in [-0.15, -0.1) is 11.6 Å². The van der Waals surface area contributed by atoms with E-state index in [1.807, 2.05) is 19.1 Å². The zero-order chi connectivity index (χ0) is 12.1. The molecule has 0 amide bonds. The average Bonchev–Trinajstić information content (AvgIpc) is 2.27. The predicted molar refractivity (Wildman–Crippen MR) is 61.4 cm³/mol. The highest BCUT2D eigenvalue weighted by atomic mass is 35.5. The SMILES string of the molecule is CCc1cc(CCl)c(C#N)c(CC(=O)O)c1. The third kappa shape index (κ3) is 2.74. The molecule has 0 aliphatic rings. The van der Waals surface area contributed by atoms with Crippen LogP contribution in [-0.2, 0) is 23.5 Å². The molecule has 16 heavy (non-hydrogen) atoms. The smallest absolute Gasteiger partial charge is 0.307 e. The predicted octanol–water partition coefficient (Wildman–Crippen LogP) is 2.49. The van der Waals surface area contributed by atoms with Crippen molar-refractivity contribution in [1.29, 1.82) is 5.26 Å². The van der Waals surface area contributed by atoms with Crippen LogP contribution in [0.5, 0.6) is 0 Å². The molecule has 1 N–H and O–H groups in total. The van der Waals surface area contributed by atoms with E-state index in [9.17, 15) is 4.79 Å². The molecule has 0 radical (unpaired) electrons. The molecular weight excluding hydrogens is 226 g/mol. The number of alkyl halides is 1. The van der Waals surface area contributed by atoms with Crippen molar-refractivity contribution in [1.82, 2.24) is 0 Å². The first-order chi connectivity index (χ1) is 7.62. The molecule has 0 aromatic heterocycles. The molecule has 0 atom stereocenters. The number of nitrogens with zero attached hydrogens (tertiary/aromatic N) is 1. The topological polar surface area (TPSA) is 61.1 Å². The number of hydrogen-bond donors (Lipinski definition) is 1. The molecule has 0 heterocycles. The molecule has 0 saturated heterocycles. The number of hydrogen-bond acceptors (Lipinski definition) is 2. The van der Waals surface area contributed by atoms with Gasteiger partial charge in [0.2, 0.25) is 0 Å². The summed E-state index contributed by atoms with van der Waals surface area (Å²) in [4.78, 5) is 10.7. The number of nitriles is 1. The lowest BCUT2D eigenvalue weighted by molar-refractivity contribution is -0.136. The summed E-state index contributed by atoms with van der Waals surface area (Å²) < 4.78 is 0. The zero-order valence-corrected chi connectivity index (χ0v) is 9.71. The Morgan fingerprint density at radius 1 is 1.50 bits per heavy atom. The van der Waals surface area contributed by atoms with Gasteiger partial charge in [0.15, 0.2) is 0 Å². The summed E-state index contributed by atoms with van der Waals surface area (Å²) in [7, 11) is 0. The molecule has 0 fully saturated rings. The Hall–Kier alpha value is -1.53. The van der Waals surface area contributed by atoms with E-state index in [1.165, 1.54) is 0 Å². The van der Waals surface area contributed by atoms with Crippen molar-refractivity contribution in [2.24, 2.45) is 0 Å². The highest BCUT2D eigenvalue weighted by molar-refractivity contribution is 6.17. The van der Waals surface area contributed by atoms with Crippen molar-refractivity contribution < 1.29 is 9.90 Å². The molecule has 0 bridgehead atoms. The van der Waals surface area contributed by atoms with E-state index in [-0.39, 0.29) is 12.3 Å². The van der Waals surface area contributed by atoms with E-state index in [2.05, 4.69) is 0 Å². The van der Waals surface area contributed by atoms with Crippen LogP contribution < -0.4 is 0 Å². The number of aliphatic carboxylic acids is 1. The van der Waals surface area contributed by atoms with E-state index >= 15 is 0 Å². The third-order valence-corrected chi connectivity index (χ3v) is 2.66. The summed E-state index contributed by atoms with van der Waals surface area (Å²) in [6.45, 7) is 1.98. The minimum absolute atomic E-state index is 0.138. The van der Waals surface area contributed by atoms with Crippen LogP contribution in [0.3, 0.4) is 0 Å². The van der Waals surface area contributed by atoms with Crippen molar-refractivity contribution in [3.8, 4) is 6.07 Å². The Bertz CT molecular complexity index is 449. The quantitative estimate of drug-likeness (QED) is 0.819. The van der Waals surface area contributed by atoms with E-state index in [0.29, 0.717) is 16.7 Å². The minimum atomic E-state index is -0.940. The fourth-order valence-electron chi connectivity index (χ4n) is 1.60. The lowest BCUT2D eigenvalue weighted by Crippen LogP contribution is -2.05. The minimum Gasteiger partial charge on any atom is -0.481 e. The van der Waals surface area contributed by atoms with Crippen LogP contribution in [-0.4, -0.2) is 11.1 Å². The van der Waals surface area contributed by atoms with Gasteiger partial charge in [-0.25, -0.2) is 0 Å². The molecule has 3 nitrogen and oxygen atoms in total. The summed E-state index contributed by atoms with van der Waals surface area (Å²) in [5.41, 5.74) is 2.66. The largest absolute Gasteiger partial charge is 0.481 e. The Morgan fingerprint density at radius 3 is 2.56 bits per heavy atom. The number of halogens is 1. The number of aryl methyl sites for hydroxylation is 1. The van der Waals surface area contributed by atoms with Crippen molar-refractivity contribution in [2.45, 2.75) is 25.6 Å². The van der Waals surface area contributed by atoms with Crippen molar-refractivity contribution >= 4 is 17.6 Å². The van der Waals surface area contributed by atoms with Gasteiger partial charge in [-0.05, 0) is 23.1 Å². The second kappa shape index (κ2) is 5.53. The molecule has 1 aromatic rings. The Morgan fingerprint density at radius 2 is 2.12 bits per heavy atom. The summed E-state index contributed by atoms with van der Waals surface area (Å²) in [5.74, 6) is -0.714. The van der Waals surface area contributed by atoms with Gasteiger partial charge in [-0.1, -0.05) is 19.1 Å². The van der Waals surface area contributed by atoms with E-state index < -0.39 is 5.97 Å². The Kier molecular flexibility index (Phi) is 4.33. The average molecular weight is 238 g/mol. The van der Waals surface area contributed by atoms with Crippen molar-refractivity contribution in [3.05, 3.63) is 34.4 Å². The maximum atomic E-state index is 10.7. The first kappa shape index (κ1) is 12.5.